The lowest BCUT2D eigenvalue weighted by atomic mass is 9.95. The minimum atomic E-state index is -2.39. The Morgan fingerprint density at radius 2 is 0.865 bits per heavy atom. The highest BCUT2D eigenvalue weighted by Crippen LogP contribution is 2.43. The molecule has 2 aromatic heterocycles. The summed E-state index contributed by atoms with van der Waals surface area (Å²) in [6.07, 6.45) is 1.84. The minimum absolute atomic E-state index is 0.286. The second kappa shape index (κ2) is 8.58. The summed E-state index contributed by atoms with van der Waals surface area (Å²) >= 11 is 6.26. The summed E-state index contributed by atoms with van der Waals surface area (Å²) in [6.45, 7) is 0. The Labute approximate surface area is 203 Å². The summed E-state index contributed by atoms with van der Waals surface area (Å²) in [4.78, 5) is 7.92. The molecule has 0 aliphatic rings. The van der Waals surface area contributed by atoms with Gasteiger partial charge in [0.1, 0.15) is 0 Å². The van der Waals surface area contributed by atoms with Gasteiger partial charge in [-0.1, -0.05) is 11.6 Å². The first-order chi connectivity index (χ1) is 17.5. The topological polar surface area (TPSA) is 25.8 Å². The van der Waals surface area contributed by atoms with E-state index in [1.165, 1.54) is 0 Å². The zero-order valence-electron chi connectivity index (χ0n) is 17.4. The Hall–Kier alpha value is -3.93. The van der Waals surface area contributed by atoms with Gasteiger partial charge in [0.05, 0.1) is 27.2 Å². The summed E-state index contributed by atoms with van der Waals surface area (Å²) in [5, 5.41) is -1.11. The molecule has 3 aromatic carbocycles. The van der Waals surface area contributed by atoms with Crippen molar-refractivity contribution >= 4 is 33.4 Å². The number of aromatic nitrogens is 2. The number of nitrogens with zero attached hydrogens (tertiary/aromatic N) is 2. The van der Waals surface area contributed by atoms with E-state index >= 15 is 0 Å². The molecule has 0 N–H and O–H groups in total. The number of fused-ring (bicyclic) bond motifs is 3. The lowest BCUT2D eigenvalue weighted by Gasteiger charge is -2.15. The molecule has 0 fully saturated rings. The maximum atomic E-state index is 14.6. The first kappa shape index (κ1) is 24.8. The van der Waals surface area contributed by atoms with Crippen molar-refractivity contribution < 1.29 is 43.9 Å². The fraction of sp³-hybridized carbons (Fsp3) is 0. The van der Waals surface area contributed by atoms with Crippen molar-refractivity contribution in [2.45, 2.75) is 0 Å². The predicted octanol–water partition coefficient (Wildman–Crippen LogP) is 8.16. The quantitative estimate of drug-likeness (QED) is 0.0966. The van der Waals surface area contributed by atoms with Gasteiger partial charge in [0.2, 0.25) is 11.6 Å². The van der Waals surface area contributed by atoms with E-state index in [2.05, 4.69) is 9.97 Å². The van der Waals surface area contributed by atoms with Crippen LogP contribution in [0.3, 0.4) is 0 Å². The van der Waals surface area contributed by atoms with Crippen molar-refractivity contribution in [3.63, 3.8) is 0 Å². The Kier molecular flexibility index (Phi) is 5.74. The van der Waals surface area contributed by atoms with Gasteiger partial charge in [-0.25, -0.2) is 43.9 Å². The van der Waals surface area contributed by atoms with Crippen LogP contribution in [0.5, 0.6) is 0 Å². The van der Waals surface area contributed by atoms with Crippen LogP contribution in [-0.2, 0) is 0 Å². The Morgan fingerprint density at radius 3 is 1.35 bits per heavy atom. The monoisotopic (exact) mass is 546 g/mol. The number of benzene rings is 3. The second-order valence-electron chi connectivity index (χ2n) is 7.59. The third-order valence-corrected chi connectivity index (χ3v) is 5.93. The summed E-state index contributed by atoms with van der Waals surface area (Å²) in [5.74, 6) is -22.3. The molecular formula is C24H5ClF10N2. The van der Waals surface area contributed by atoms with Crippen LogP contribution in [0.25, 0.3) is 44.1 Å². The SMILES string of the molecule is Fc1c(F)c(F)c(-c2ccnc3c2cc(Cl)c2c(-c4c(F)c(F)c(F)c(F)c4F)ccnc23)c(F)c1F. The van der Waals surface area contributed by atoms with Crippen molar-refractivity contribution in [3.05, 3.63) is 93.8 Å². The molecule has 0 saturated heterocycles. The van der Waals surface area contributed by atoms with Gasteiger partial charge in [-0.3, -0.25) is 9.97 Å². The molecule has 0 aliphatic carbocycles. The molecule has 13 heteroatoms. The Morgan fingerprint density at radius 1 is 0.486 bits per heavy atom. The van der Waals surface area contributed by atoms with E-state index in [4.69, 9.17) is 11.6 Å². The molecule has 37 heavy (non-hydrogen) atoms. The number of rotatable bonds is 2. The van der Waals surface area contributed by atoms with Gasteiger partial charge < -0.3 is 0 Å². The molecule has 2 nitrogen and oxygen atoms in total. The van der Waals surface area contributed by atoms with Gasteiger partial charge in [-0.05, 0) is 23.8 Å². The molecule has 5 aromatic rings. The highest BCUT2D eigenvalue weighted by Gasteiger charge is 2.30. The average molecular weight is 547 g/mol. The molecule has 0 radical (unpaired) electrons. The van der Waals surface area contributed by atoms with E-state index in [0.29, 0.717) is 0 Å². The fourth-order valence-electron chi connectivity index (χ4n) is 4.00. The first-order valence-electron chi connectivity index (χ1n) is 9.86. The van der Waals surface area contributed by atoms with Crippen LogP contribution in [0.4, 0.5) is 43.9 Å². The molecule has 0 unspecified atom stereocenters. The van der Waals surface area contributed by atoms with Crippen molar-refractivity contribution in [2.75, 3.05) is 0 Å². The van der Waals surface area contributed by atoms with Crippen LogP contribution in [0.15, 0.2) is 30.6 Å². The smallest absolute Gasteiger partial charge is 0.200 e. The van der Waals surface area contributed by atoms with Crippen molar-refractivity contribution in [2.24, 2.45) is 0 Å². The number of hydrogen-bond acceptors (Lipinski definition) is 2. The van der Waals surface area contributed by atoms with E-state index in [1.807, 2.05) is 0 Å². The third kappa shape index (κ3) is 3.42. The molecule has 0 aliphatic heterocycles. The molecule has 0 atom stereocenters. The van der Waals surface area contributed by atoms with E-state index in [-0.39, 0.29) is 21.8 Å². The van der Waals surface area contributed by atoms with E-state index in [1.54, 1.807) is 0 Å². The number of halogens is 11. The number of hydrogen-bond donors (Lipinski definition) is 0. The highest BCUT2D eigenvalue weighted by molar-refractivity contribution is 6.38. The maximum Gasteiger partial charge on any atom is 0.200 e. The van der Waals surface area contributed by atoms with Crippen molar-refractivity contribution in [1.29, 1.82) is 0 Å². The highest BCUT2D eigenvalue weighted by atomic mass is 35.5. The van der Waals surface area contributed by atoms with Gasteiger partial charge in [-0.15, -0.1) is 0 Å². The molecule has 0 amide bonds. The lowest BCUT2D eigenvalue weighted by Crippen LogP contribution is -2.05. The summed E-state index contributed by atoms with van der Waals surface area (Å²) < 4.78 is 141. The predicted molar refractivity (Wildman–Crippen MR) is 113 cm³/mol. The van der Waals surface area contributed by atoms with Gasteiger partial charge >= 0.3 is 0 Å². The minimum Gasteiger partial charge on any atom is -0.254 e. The molecule has 2 heterocycles. The Bertz CT molecular complexity index is 1750. The molecule has 5 rings (SSSR count). The molecular weight excluding hydrogens is 542 g/mol. The Balaban J connectivity index is 1.91. The van der Waals surface area contributed by atoms with Crippen LogP contribution in [0.2, 0.25) is 5.02 Å². The van der Waals surface area contributed by atoms with Gasteiger partial charge in [0.25, 0.3) is 0 Å². The van der Waals surface area contributed by atoms with Crippen molar-refractivity contribution in [3.8, 4) is 22.3 Å². The van der Waals surface area contributed by atoms with Crippen LogP contribution in [0, 0.1) is 58.2 Å². The van der Waals surface area contributed by atoms with Crippen LogP contribution in [0.1, 0.15) is 0 Å². The standard InChI is InChI=1S/C24H5ClF10N2/c25-9-5-8-6(11-13(26)17(30)21(34)18(31)14(11)27)1-3-36-23(8)24-10(9)7(2-4-37-24)12-15(28)19(32)22(35)20(33)16(12)29/h1-5H. The normalized spacial score (nSPS) is 11.6. The van der Waals surface area contributed by atoms with Gasteiger partial charge in [-0.2, -0.15) is 0 Å². The largest absolute Gasteiger partial charge is 0.254 e. The van der Waals surface area contributed by atoms with Crippen molar-refractivity contribution in [1.82, 2.24) is 9.97 Å². The maximum absolute atomic E-state index is 14.6. The van der Waals surface area contributed by atoms with E-state index in [0.717, 1.165) is 30.6 Å². The zero-order chi connectivity index (χ0) is 26.9. The fourth-order valence-corrected chi connectivity index (χ4v) is 4.30. The third-order valence-electron chi connectivity index (χ3n) is 5.63. The summed E-state index contributed by atoms with van der Waals surface area (Å²) in [5.41, 5.74) is -4.39. The molecule has 0 bridgehead atoms. The first-order valence-corrected chi connectivity index (χ1v) is 10.2. The van der Waals surface area contributed by atoms with E-state index in [9.17, 15) is 43.9 Å². The molecule has 0 spiro atoms. The lowest BCUT2D eigenvalue weighted by molar-refractivity contribution is 0.381. The second-order valence-corrected chi connectivity index (χ2v) is 7.99. The van der Waals surface area contributed by atoms with Gasteiger partial charge in [0.15, 0.2) is 46.5 Å². The van der Waals surface area contributed by atoms with Crippen LogP contribution in [-0.4, -0.2) is 9.97 Å². The number of pyridine rings is 2. The average Bonchev–Trinajstić information content (AvgIpc) is 2.89. The van der Waals surface area contributed by atoms with Gasteiger partial charge in [0, 0.05) is 28.7 Å². The zero-order valence-corrected chi connectivity index (χ0v) is 18.2. The molecule has 0 saturated carbocycles. The summed E-state index contributed by atoms with van der Waals surface area (Å²) in [7, 11) is 0. The summed E-state index contributed by atoms with van der Waals surface area (Å²) in [6, 6.07) is 2.76. The van der Waals surface area contributed by atoms with E-state index < -0.39 is 85.4 Å². The van der Waals surface area contributed by atoms with Crippen LogP contribution < -0.4 is 0 Å². The molecule has 188 valence electrons. The van der Waals surface area contributed by atoms with Crippen LogP contribution >= 0.6 is 11.6 Å².